The van der Waals surface area contributed by atoms with Crippen molar-refractivity contribution in [2.75, 3.05) is 18.8 Å². The van der Waals surface area contributed by atoms with Crippen LogP contribution in [0.5, 0.6) is 0 Å². The molecule has 2 aliphatic rings. The zero-order valence-electron chi connectivity index (χ0n) is 40.1. The molecule has 0 aliphatic carbocycles. The fourth-order valence-electron chi connectivity index (χ4n) is 7.66. The highest BCUT2D eigenvalue weighted by atomic mass is 33.1. The highest BCUT2D eigenvalue weighted by molar-refractivity contribution is 8.77. The van der Waals surface area contributed by atoms with Crippen LogP contribution in [0.15, 0.2) is 30.3 Å². The van der Waals surface area contributed by atoms with E-state index in [1.54, 1.807) is 58.0 Å². The molecule has 69 heavy (non-hydrogen) atoms. The summed E-state index contributed by atoms with van der Waals surface area (Å²) < 4.78 is -0.862. The van der Waals surface area contributed by atoms with Crippen molar-refractivity contribution in [3.63, 3.8) is 0 Å². The summed E-state index contributed by atoms with van der Waals surface area (Å²) in [4.78, 5) is 149. The van der Waals surface area contributed by atoms with Crippen molar-refractivity contribution in [3.8, 4) is 0 Å². The Morgan fingerprint density at radius 1 is 0.812 bits per heavy atom. The van der Waals surface area contributed by atoms with Crippen LogP contribution >= 0.6 is 21.6 Å². The fraction of sp³-hybridized carbons (Fsp3) is 0.622. The summed E-state index contributed by atoms with van der Waals surface area (Å²) in [6.45, 7) is 10.3. The van der Waals surface area contributed by atoms with Gasteiger partial charge in [-0.05, 0) is 56.9 Å². The number of hydrogen-bond donors (Lipinski definition) is 10. The van der Waals surface area contributed by atoms with E-state index in [2.05, 4.69) is 37.2 Å². The van der Waals surface area contributed by atoms with Crippen molar-refractivity contribution in [1.29, 1.82) is 0 Å². The van der Waals surface area contributed by atoms with E-state index in [9.17, 15) is 52.7 Å². The molecule has 11 amide bonds. The van der Waals surface area contributed by atoms with Crippen molar-refractivity contribution in [2.24, 2.45) is 29.0 Å². The van der Waals surface area contributed by atoms with Crippen LogP contribution < -0.4 is 54.4 Å². The molecule has 382 valence electrons. The summed E-state index contributed by atoms with van der Waals surface area (Å²) in [6, 6.07) is -0.372. The number of benzene rings is 1. The number of nitrogens with zero attached hydrogens (tertiary/aromatic N) is 1. The first-order valence-electron chi connectivity index (χ1n) is 23.0. The van der Waals surface area contributed by atoms with Gasteiger partial charge in [-0.2, -0.15) is 0 Å². The zero-order chi connectivity index (χ0) is 51.6. The van der Waals surface area contributed by atoms with Crippen molar-refractivity contribution in [1.82, 2.24) is 42.1 Å². The molecule has 2 heterocycles. The van der Waals surface area contributed by atoms with Crippen LogP contribution in [0.3, 0.4) is 0 Å². The lowest BCUT2D eigenvalue weighted by molar-refractivity contribution is -0.142. The summed E-state index contributed by atoms with van der Waals surface area (Å²) in [5.41, 5.74) is 16.9. The summed E-state index contributed by atoms with van der Waals surface area (Å²) in [6.07, 6.45) is -0.465. The van der Waals surface area contributed by atoms with Crippen LogP contribution in [-0.2, 0) is 59.2 Å². The Hall–Kier alpha value is -5.91. The highest BCUT2D eigenvalue weighted by Gasteiger charge is 2.41. The summed E-state index contributed by atoms with van der Waals surface area (Å²) in [5.74, 6) is -9.49. The van der Waals surface area contributed by atoms with Gasteiger partial charge in [-0.3, -0.25) is 52.7 Å². The molecular formula is C45H69N11O11S2. The van der Waals surface area contributed by atoms with Gasteiger partial charge in [0.05, 0.1) is 13.0 Å². The molecule has 13 N–H and O–H groups in total. The van der Waals surface area contributed by atoms with Crippen LogP contribution in [-0.4, -0.2) is 136 Å². The minimum absolute atomic E-state index is 0.0559. The Morgan fingerprint density at radius 2 is 1.45 bits per heavy atom. The maximum atomic E-state index is 14.6. The molecule has 2 aliphatic heterocycles. The van der Waals surface area contributed by atoms with E-state index >= 15 is 0 Å². The summed E-state index contributed by atoms with van der Waals surface area (Å²) in [7, 11) is 2.32. The molecule has 0 radical (unpaired) electrons. The average Bonchev–Trinajstić information content (AvgIpc) is 3.77. The van der Waals surface area contributed by atoms with E-state index in [0.29, 0.717) is 18.4 Å². The van der Waals surface area contributed by atoms with Crippen LogP contribution in [0.1, 0.15) is 98.5 Å². The van der Waals surface area contributed by atoms with Gasteiger partial charge in [0, 0.05) is 36.3 Å². The molecule has 1 aromatic rings. The van der Waals surface area contributed by atoms with E-state index in [1.165, 1.54) is 15.7 Å². The smallest absolute Gasteiger partial charge is 0.246 e. The normalized spacial score (nSPS) is 24.0. The van der Waals surface area contributed by atoms with Gasteiger partial charge in [0.1, 0.15) is 42.3 Å². The Kier molecular flexibility index (Phi) is 22.7. The molecule has 0 spiro atoms. The minimum atomic E-state index is -1.72. The molecule has 8 atom stereocenters. The van der Waals surface area contributed by atoms with E-state index in [0.717, 1.165) is 10.8 Å². The average molecular weight is 1000 g/mol. The molecule has 3 rings (SSSR count). The summed E-state index contributed by atoms with van der Waals surface area (Å²) in [5, 5.41) is 18.3. The Morgan fingerprint density at radius 3 is 2.06 bits per heavy atom. The number of nitrogens with one attached hydrogen (secondary N) is 7. The molecule has 22 nitrogen and oxygen atoms in total. The van der Waals surface area contributed by atoms with Gasteiger partial charge in [0.2, 0.25) is 65.0 Å². The van der Waals surface area contributed by atoms with Crippen LogP contribution in [0.25, 0.3) is 0 Å². The van der Waals surface area contributed by atoms with Gasteiger partial charge in [-0.25, -0.2) is 0 Å². The first-order chi connectivity index (χ1) is 32.4. The quantitative estimate of drug-likeness (QED) is 0.0798. The maximum Gasteiger partial charge on any atom is 0.246 e. The monoisotopic (exact) mass is 1000 g/mol. The lowest BCUT2D eigenvalue weighted by Gasteiger charge is -2.32. The third-order valence-corrected chi connectivity index (χ3v) is 14.7. The second kappa shape index (κ2) is 27.3. The van der Waals surface area contributed by atoms with Crippen molar-refractivity contribution >= 4 is 86.6 Å². The third kappa shape index (κ3) is 19.2. The number of likely N-dealkylation sites (tertiary alicyclic amines) is 1. The SMILES string of the molecule is CCC(C)C1NC(=O)C(Cc2ccccc2)NC(=O)CC(C)(C)SSCC(C(=O)N2CCC[C@H]2C(=O)N[C@@H](CC(C)C)C(=O)NCC(N)=O)NC(=O)C(CC(N)=O)NC(=O)C(CCC(N)=O)NC1=O. The van der Waals surface area contributed by atoms with Crippen molar-refractivity contribution in [3.05, 3.63) is 35.9 Å². The molecule has 2 fully saturated rings. The van der Waals surface area contributed by atoms with Gasteiger partial charge in [0.15, 0.2) is 0 Å². The first-order valence-corrected chi connectivity index (χ1v) is 25.3. The molecular weight excluding hydrogens is 935 g/mol. The van der Waals surface area contributed by atoms with Gasteiger partial charge in [-0.15, -0.1) is 0 Å². The molecule has 0 bridgehead atoms. The minimum Gasteiger partial charge on any atom is -0.370 e. The molecule has 0 aromatic heterocycles. The predicted molar refractivity (Wildman–Crippen MR) is 259 cm³/mol. The Labute approximate surface area is 410 Å². The van der Waals surface area contributed by atoms with Crippen molar-refractivity contribution in [2.45, 2.75) is 146 Å². The largest absolute Gasteiger partial charge is 0.370 e. The second-order valence-corrected chi connectivity index (χ2v) is 21.5. The third-order valence-electron chi connectivity index (χ3n) is 11.4. The molecule has 1 aromatic carbocycles. The van der Waals surface area contributed by atoms with Gasteiger partial charge >= 0.3 is 0 Å². The van der Waals surface area contributed by atoms with E-state index < -0.39 is 137 Å². The van der Waals surface area contributed by atoms with Gasteiger partial charge in [-0.1, -0.05) is 86.0 Å². The number of rotatable bonds is 17. The lowest BCUT2D eigenvalue weighted by Crippen LogP contribution is -2.61. The molecule has 0 saturated carbocycles. The van der Waals surface area contributed by atoms with E-state index in [-0.39, 0.29) is 50.3 Å². The summed E-state index contributed by atoms with van der Waals surface area (Å²) >= 11 is 0. The highest BCUT2D eigenvalue weighted by Crippen LogP contribution is 2.39. The lowest BCUT2D eigenvalue weighted by atomic mass is 9.96. The van der Waals surface area contributed by atoms with Crippen LogP contribution in [0.2, 0.25) is 0 Å². The van der Waals surface area contributed by atoms with E-state index in [4.69, 9.17) is 17.2 Å². The van der Waals surface area contributed by atoms with E-state index in [1.807, 2.05) is 13.8 Å². The number of hydrogen-bond acceptors (Lipinski definition) is 13. The standard InChI is InChI=1S/C45H69N11O11S2/c1-7-25(4)37-43(66)51-27(15-16-33(46)57)39(62)52-30(20-34(47)58)40(63)54-31(23-68-69-45(5,6)21-36(60)50-29(41(64)55-37)19-26-12-9-8-10-13-26)44(67)56-17-11-14-32(56)42(65)53-28(18-24(2)3)38(61)49-22-35(48)59/h8-10,12-13,24-25,27-32,37H,7,11,14-23H2,1-6H3,(H2,46,57)(H2,47,58)(H2,48,59)(H,49,61)(H,50,60)(H,51,66)(H,52,62)(H,53,65)(H,54,63)(H,55,64)/t25?,27?,28-,29?,30?,31?,32-,37?/m0/s1. The van der Waals surface area contributed by atoms with Crippen LogP contribution in [0, 0.1) is 11.8 Å². The molecule has 6 unspecified atom stereocenters. The number of carbonyl (C=O) groups is 11. The second-order valence-electron chi connectivity index (χ2n) is 18.4. The fourth-order valence-corrected chi connectivity index (χ4v) is 10.3. The first kappa shape index (κ1) is 57.4. The van der Waals surface area contributed by atoms with Crippen molar-refractivity contribution < 1.29 is 52.7 Å². The van der Waals surface area contributed by atoms with Gasteiger partial charge < -0.3 is 59.3 Å². The maximum absolute atomic E-state index is 14.6. The van der Waals surface area contributed by atoms with Crippen LogP contribution in [0.4, 0.5) is 0 Å². The number of amides is 11. The molecule has 24 heteroatoms. The number of carbonyl (C=O) groups excluding carboxylic acids is 11. The predicted octanol–water partition coefficient (Wildman–Crippen LogP) is -1.47. The Bertz CT molecular complexity index is 2040. The zero-order valence-corrected chi connectivity index (χ0v) is 41.7. The number of nitrogens with two attached hydrogens (primary N) is 3. The van der Waals surface area contributed by atoms with Gasteiger partial charge in [0.25, 0.3) is 0 Å². The number of primary amides is 3. The topological polar surface area (TPSA) is 353 Å². The Balaban J connectivity index is 2.08. The molecule has 2 saturated heterocycles.